The number of hydrogen-bond acceptors (Lipinski definition) is 3. The van der Waals surface area contributed by atoms with E-state index in [0.29, 0.717) is 12.6 Å². The molecule has 0 unspecified atom stereocenters. The fourth-order valence-electron chi connectivity index (χ4n) is 2.69. The van der Waals surface area contributed by atoms with E-state index in [-0.39, 0.29) is 11.9 Å². The molecule has 0 spiro atoms. The van der Waals surface area contributed by atoms with Gasteiger partial charge in [0.15, 0.2) is 0 Å². The molecule has 2 N–H and O–H groups in total. The highest BCUT2D eigenvalue weighted by Gasteiger charge is 2.36. The van der Waals surface area contributed by atoms with E-state index in [1.807, 2.05) is 6.07 Å². The second-order valence-corrected chi connectivity index (χ2v) is 4.84. The van der Waals surface area contributed by atoms with E-state index in [0.717, 1.165) is 19.6 Å². The second-order valence-electron chi connectivity index (χ2n) is 4.84. The minimum Gasteiger partial charge on any atom is -0.349 e. The minimum absolute atomic E-state index is 0.118. The largest absolute Gasteiger partial charge is 0.349 e. The molecule has 2 aliphatic heterocycles. The third kappa shape index (κ3) is 2.33. The first kappa shape index (κ1) is 10.7. The van der Waals surface area contributed by atoms with Crippen LogP contribution in [-0.2, 0) is 11.3 Å². The first-order valence-electron chi connectivity index (χ1n) is 6.10. The number of nitrogens with one attached hydrogen (secondary N) is 2. The molecule has 2 heterocycles. The van der Waals surface area contributed by atoms with Crippen LogP contribution in [0.3, 0.4) is 0 Å². The van der Waals surface area contributed by atoms with Crippen molar-refractivity contribution in [2.75, 3.05) is 19.6 Å². The van der Waals surface area contributed by atoms with Crippen LogP contribution in [0.2, 0.25) is 0 Å². The van der Waals surface area contributed by atoms with Crippen LogP contribution in [0.1, 0.15) is 5.56 Å². The maximum absolute atomic E-state index is 11.3. The van der Waals surface area contributed by atoms with Gasteiger partial charge in [0.05, 0.1) is 12.6 Å². The standard InChI is InChI=1S/C13H17N3O/c17-13-6-14-11-8-16(9-12(11)15-13)7-10-4-2-1-3-5-10/h1-5,11-12,14H,6-9H2,(H,15,17)/t11-,12+/m1/s1. The lowest BCUT2D eigenvalue weighted by Gasteiger charge is -2.26. The predicted molar refractivity (Wildman–Crippen MR) is 65.4 cm³/mol. The van der Waals surface area contributed by atoms with Gasteiger partial charge in [0.25, 0.3) is 0 Å². The summed E-state index contributed by atoms with van der Waals surface area (Å²) in [6.45, 7) is 3.38. The van der Waals surface area contributed by atoms with E-state index < -0.39 is 0 Å². The van der Waals surface area contributed by atoms with Crippen molar-refractivity contribution in [2.24, 2.45) is 0 Å². The highest BCUT2D eigenvalue weighted by molar-refractivity contribution is 5.79. The van der Waals surface area contributed by atoms with E-state index in [1.54, 1.807) is 0 Å². The molecule has 2 aliphatic rings. The summed E-state index contributed by atoms with van der Waals surface area (Å²) in [6, 6.07) is 11.2. The van der Waals surface area contributed by atoms with Gasteiger partial charge in [0.1, 0.15) is 0 Å². The van der Waals surface area contributed by atoms with Gasteiger partial charge in [-0.05, 0) is 5.56 Å². The van der Waals surface area contributed by atoms with E-state index in [9.17, 15) is 4.79 Å². The Morgan fingerprint density at radius 3 is 2.76 bits per heavy atom. The molecule has 2 atom stereocenters. The molecule has 2 fully saturated rings. The van der Waals surface area contributed by atoms with Gasteiger partial charge in [-0.15, -0.1) is 0 Å². The van der Waals surface area contributed by atoms with Crippen LogP contribution < -0.4 is 10.6 Å². The monoisotopic (exact) mass is 231 g/mol. The third-order valence-electron chi connectivity index (χ3n) is 3.52. The van der Waals surface area contributed by atoms with Crippen molar-refractivity contribution < 1.29 is 4.79 Å². The molecule has 4 heteroatoms. The van der Waals surface area contributed by atoms with Gasteiger partial charge in [-0.2, -0.15) is 0 Å². The van der Waals surface area contributed by atoms with Gasteiger partial charge in [-0.1, -0.05) is 30.3 Å². The van der Waals surface area contributed by atoms with Gasteiger partial charge in [0, 0.05) is 25.7 Å². The molecule has 4 nitrogen and oxygen atoms in total. The van der Waals surface area contributed by atoms with E-state index in [4.69, 9.17) is 0 Å². The summed E-state index contributed by atoms with van der Waals surface area (Å²) in [5, 5.41) is 6.34. The van der Waals surface area contributed by atoms with Gasteiger partial charge >= 0.3 is 0 Å². The Morgan fingerprint density at radius 1 is 1.18 bits per heavy atom. The second kappa shape index (κ2) is 4.47. The molecule has 1 aromatic carbocycles. The number of hydrogen-bond donors (Lipinski definition) is 2. The number of carbonyl (C=O) groups excluding carboxylic acids is 1. The summed E-state index contributed by atoms with van der Waals surface area (Å²) in [5.41, 5.74) is 1.33. The topological polar surface area (TPSA) is 44.4 Å². The molecule has 0 saturated carbocycles. The number of rotatable bonds is 2. The zero-order valence-electron chi connectivity index (χ0n) is 9.73. The average molecular weight is 231 g/mol. The van der Waals surface area contributed by atoms with E-state index in [1.165, 1.54) is 5.56 Å². The molecule has 0 radical (unpaired) electrons. The number of carbonyl (C=O) groups is 1. The zero-order chi connectivity index (χ0) is 11.7. The molecule has 1 aromatic rings. The van der Waals surface area contributed by atoms with Crippen molar-refractivity contribution in [1.29, 1.82) is 0 Å². The highest BCUT2D eigenvalue weighted by atomic mass is 16.2. The molecule has 17 heavy (non-hydrogen) atoms. The molecule has 90 valence electrons. The Balaban J connectivity index is 1.62. The van der Waals surface area contributed by atoms with E-state index in [2.05, 4.69) is 39.8 Å². The van der Waals surface area contributed by atoms with Crippen LogP contribution in [-0.4, -0.2) is 42.5 Å². The van der Waals surface area contributed by atoms with Crippen LogP contribution in [0.15, 0.2) is 30.3 Å². The van der Waals surface area contributed by atoms with E-state index >= 15 is 0 Å². The number of benzene rings is 1. The molecule has 1 amide bonds. The van der Waals surface area contributed by atoms with Crippen molar-refractivity contribution in [3.63, 3.8) is 0 Å². The highest BCUT2D eigenvalue weighted by Crippen LogP contribution is 2.15. The Labute approximate surface area is 101 Å². The van der Waals surface area contributed by atoms with Gasteiger partial charge in [-0.25, -0.2) is 0 Å². The normalized spacial score (nSPS) is 28.8. The summed E-state index contributed by atoms with van der Waals surface area (Å²) in [6.07, 6.45) is 0. The zero-order valence-corrected chi connectivity index (χ0v) is 9.73. The van der Waals surface area contributed by atoms with Crippen molar-refractivity contribution in [3.05, 3.63) is 35.9 Å². The van der Waals surface area contributed by atoms with Crippen LogP contribution in [0.25, 0.3) is 0 Å². The van der Waals surface area contributed by atoms with Gasteiger partial charge < -0.3 is 10.6 Å². The summed E-state index contributed by atoms with van der Waals surface area (Å²) in [7, 11) is 0. The summed E-state index contributed by atoms with van der Waals surface area (Å²) < 4.78 is 0. The first-order chi connectivity index (χ1) is 8.31. The molecule has 2 saturated heterocycles. The smallest absolute Gasteiger partial charge is 0.234 e. The molecule has 0 aromatic heterocycles. The van der Waals surface area contributed by atoms with Crippen LogP contribution >= 0.6 is 0 Å². The van der Waals surface area contributed by atoms with Crippen LogP contribution in [0.4, 0.5) is 0 Å². The number of fused-ring (bicyclic) bond motifs is 1. The number of likely N-dealkylation sites (tertiary alicyclic amines) is 1. The predicted octanol–water partition coefficient (Wildman–Crippen LogP) is -0.0412. The lowest BCUT2D eigenvalue weighted by molar-refractivity contribution is -0.122. The van der Waals surface area contributed by atoms with Crippen molar-refractivity contribution >= 4 is 5.91 Å². The number of nitrogens with zero attached hydrogens (tertiary/aromatic N) is 1. The fraction of sp³-hybridized carbons (Fsp3) is 0.462. The van der Waals surface area contributed by atoms with Crippen molar-refractivity contribution in [2.45, 2.75) is 18.6 Å². The lowest BCUT2D eigenvalue weighted by Crippen LogP contribution is -2.58. The minimum atomic E-state index is 0.118. The van der Waals surface area contributed by atoms with Gasteiger partial charge in [-0.3, -0.25) is 9.69 Å². The quantitative estimate of drug-likeness (QED) is 0.750. The molecular formula is C13H17N3O. The maximum atomic E-state index is 11.3. The summed E-state index contributed by atoms with van der Waals surface area (Å²) in [4.78, 5) is 13.7. The third-order valence-corrected chi connectivity index (χ3v) is 3.52. The Bertz CT molecular complexity index is 406. The average Bonchev–Trinajstić information content (AvgIpc) is 2.71. The molecule has 3 rings (SSSR count). The maximum Gasteiger partial charge on any atom is 0.234 e. The molecular weight excluding hydrogens is 214 g/mol. The van der Waals surface area contributed by atoms with Crippen molar-refractivity contribution in [1.82, 2.24) is 15.5 Å². The number of amides is 1. The first-order valence-corrected chi connectivity index (χ1v) is 6.10. The summed E-state index contributed by atoms with van der Waals surface area (Å²) >= 11 is 0. The lowest BCUT2D eigenvalue weighted by atomic mass is 10.1. The Hall–Kier alpha value is -1.39. The fourth-order valence-corrected chi connectivity index (χ4v) is 2.69. The van der Waals surface area contributed by atoms with Crippen molar-refractivity contribution in [3.8, 4) is 0 Å². The molecule has 0 bridgehead atoms. The Kier molecular flexibility index (Phi) is 2.82. The van der Waals surface area contributed by atoms with Gasteiger partial charge in [0.2, 0.25) is 5.91 Å². The summed E-state index contributed by atoms with van der Waals surface area (Å²) in [5.74, 6) is 0.118. The Morgan fingerprint density at radius 2 is 1.94 bits per heavy atom. The molecule has 0 aliphatic carbocycles. The number of piperazine rings is 1. The van der Waals surface area contributed by atoms with Crippen LogP contribution in [0.5, 0.6) is 0 Å². The van der Waals surface area contributed by atoms with Crippen LogP contribution in [0, 0.1) is 0 Å². The SMILES string of the molecule is O=C1CN[C@@H]2CN(Cc3ccccc3)C[C@@H]2N1.